The van der Waals surface area contributed by atoms with E-state index in [4.69, 9.17) is 14.5 Å². The fraction of sp³-hybridized carbons (Fsp3) is 0.565. The van der Waals surface area contributed by atoms with Gasteiger partial charge >= 0.3 is 6.09 Å². The summed E-state index contributed by atoms with van der Waals surface area (Å²) in [6.45, 7) is 1.95. The average Bonchev–Trinajstić information content (AvgIpc) is 4.05. The highest BCUT2D eigenvalue weighted by atomic mass is 32.2. The fourth-order valence-electron chi connectivity index (χ4n) is 10.3. The van der Waals surface area contributed by atoms with Gasteiger partial charge in [0.05, 0.1) is 22.7 Å². The number of ether oxygens (including phenoxy) is 2. The molecule has 9 rings (SSSR count). The molecule has 5 fully saturated rings. The molecule has 1 aromatic heterocycles. The SMILES string of the molecule is CC[C@@H]1C[C@]1(NC(=O)[C@@H]1C[C@@H]2CN1C(=O)[C@H](C1CCCC1)NC(=O)O[C@@H]1CCC[C@H]1CCC=CCn1c(nc3cc(-c4ccccc4)ccc3c1=O)O2)C(=O)NS(=O)(=O)C1CC1. The number of benzene rings is 2. The monoisotopic (exact) mass is 868 g/mol. The molecular formula is C46H56N6O9S. The molecular weight excluding hydrogens is 813 g/mol. The predicted octanol–water partition coefficient (Wildman–Crippen LogP) is 5.11. The van der Waals surface area contributed by atoms with E-state index in [0.29, 0.717) is 49.4 Å². The number of hydrogen-bond acceptors (Lipinski definition) is 10. The van der Waals surface area contributed by atoms with E-state index in [1.165, 1.54) is 9.47 Å². The highest BCUT2D eigenvalue weighted by Crippen LogP contribution is 2.47. The van der Waals surface area contributed by atoms with Gasteiger partial charge in [-0.1, -0.05) is 74.7 Å². The molecule has 330 valence electrons. The molecule has 7 atom stereocenters. The minimum atomic E-state index is -3.90. The number of alkyl carbamates (subject to hydrolysis) is 1. The predicted molar refractivity (Wildman–Crippen MR) is 230 cm³/mol. The van der Waals surface area contributed by atoms with Crippen LogP contribution < -0.4 is 25.7 Å². The molecule has 4 amide bonds. The standard InChI is InChI=1S/C46H56N6O9S/c1-2-32-26-46(32,43(56)50-62(58,59)34-20-21-34)49-40(53)37-25-33-27-52(37)42(55)39(30-15-8-9-16-30)48-45(57)61-38-18-11-17-29(38)14-7-4-10-23-51-41(54)35-22-19-31(28-12-5-3-6-13-28)24-36(35)47-44(51)60-33/h3-6,10,12-13,19,22,24,29-30,32-34,37-39H,2,7-9,11,14-18,20-21,23,25-27H2,1H3,(H,48,57)(H,49,53)(H,50,56)/t29-,32-,33-,37+,38-,39+,46-/m1/s1. The van der Waals surface area contributed by atoms with E-state index >= 15 is 4.79 Å². The summed E-state index contributed by atoms with van der Waals surface area (Å²) in [4.78, 5) is 77.8. The summed E-state index contributed by atoms with van der Waals surface area (Å²) < 4.78 is 42.2. The maximum atomic E-state index is 15.0. The van der Waals surface area contributed by atoms with Crippen LogP contribution in [-0.2, 0) is 35.7 Å². The lowest BCUT2D eigenvalue weighted by Gasteiger charge is -2.32. The van der Waals surface area contributed by atoms with Crippen molar-refractivity contribution in [2.24, 2.45) is 17.8 Å². The zero-order chi connectivity index (χ0) is 43.2. The van der Waals surface area contributed by atoms with Crippen molar-refractivity contribution in [1.82, 2.24) is 29.8 Å². The van der Waals surface area contributed by atoms with Crippen molar-refractivity contribution >= 4 is 44.7 Å². The molecule has 62 heavy (non-hydrogen) atoms. The van der Waals surface area contributed by atoms with Gasteiger partial charge in [0, 0.05) is 13.0 Å². The largest absolute Gasteiger partial charge is 0.459 e. The Morgan fingerprint density at radius 3 is 2.42 bits per heavy atom. The molecule has 0 spiro atoms. The molecule has 4 aliphatic carbocycles. The van der Waals surface area contributed by atoms with Gasteiger partial charge in [-0.2, -0.15) is 4.98 Å². The third-order valence-corrected chi connectivity index (χ3v) is 15.9. The van der Waals surface area contributed by atoms with E-state index in [1.807, 2.05) is 61.5 Å². The topological polar surface area (TPSA) is 195 Å². The van der Waals surface area contributed by atoms with Crippen molar-refractivity contribution < 1.29 is 37.1 Å². The van der Waals surface area contributed by atoms with Crippen molar-refractivity contribution in [1.29, 1.82) is 0 Å². The van der Waals surface area contributed by atoms with Gasteiger partial charge < -0.3 is 25.0 Å². The van der Waals surface area contributed by atoms with E-state index in [2.05, 4.69) is 15.4 Å². The molecule has 0 radical (unpaired) electrons. The van der Waals surface area contributed by atoms with Gasteiger partial charge in [-0.15, -0.1) is 0 Å². The van der Waals surface area contributed by atoms with E-state index in [9.17, 15) is 27.6 Å². The van der Waals surface area contributed by atoms with Crippen molar-refractivity contribution in [3.8, 4) is 17.1 Å². The highest BCUT2D eigenvalue weighted by molar-refractivity contribution is 7.91. The highest BCUT2D eigenvalue weighted by Gasteiger charge is 2.62. The third-order valence-electron chi connectivity index (χ3n) is 14.1. The molecule has 3 heterocycles. The van der Waals surface area contributed by atoms with Crippen LogP contribution in [0.5, 0.6) is 6.01 Å². The lowest BCUT2D eigenvalue weighted by molar-refractivity contribution is -0.142. The Morgan fingerprint density at radius 2 is 1.68 bits per heavy atom. The van der Waals surface area contributed by atoms with Crippen LogP contribution in [0.15, 0.2) is 65.5 Å². The lowest BCUT2D eigenvalue weighted by Crippen LogP contribution is -2.59. The molecule has 3 aromatic rings. The van der Waals surface area contributed by atoms with Gasteiger partial charge in [-0.3, -0.25) is 28.5 Å². The normalized spacial score (nSPS) is 29.4. The molecule has 15 nitrogen and oxygen atoms in total. The van der Waals surface area contributed by atoms with Gasteiger partial charge in [-0.05, 0) is 105 Å². The zero-order valence-corrected chi connectivity index (χ0v) is 35.9. The van der Waals surface area contributed by atoms with E-state index < -0.39 is 62.8 Å². The number of allylic oxidation sites excluding steroid dienone is 2. The Bertz CT molecular complexity index is 2430. The van der Waals surface area contributed by atoms with Crippen LogP contribution in [-0.4, -0.2) is 88.3 Å². The van der Waals surface area contributed by atoms with Crippen molar-refractivity contribution in [2.45, 2.75) is 138 Å². The van der Waals surface area contributed by atoms with Crippen LogP contribution in [0.25, 0.3) is 22.0 Å². The number of nitrogens with zero attached hydrogens (tertiary/aromatic N) is 3. The molecule has 2 aliphatic heterocycles. The van der Waals surface area contributed by atoms with Crippen LogP contribution in [0.1, 0.15) is 96.8 Å². The third kappa shape index (κ3) is 8.46. The number of aromatic nitrogens is 2. The van der Waals surface area contributed by atoms with Crippen molar-refractivity contribution in [2.75, 3.05) is 6.54 Å². The van der Waals surface area contributed by atoms with E-state index in [1.54, 1.807) is 6.07 Å². The number of rotatable bonds is 8. The van der Waals surface area contributed by atoms with Gasteiger partial charge in [0.1, 0.15) is 29.8 Å². The summed E-state index contributed by atoms with van der Waals surface area (Å²) in [5.41, 5.74) is 0.479. The van der Waals surface area contributed by atoms with Crippen molar-refractivity contribution in [3.63, 3.8) is 0 Å². The molecule has 0 unspecified atom stereocenters. The van der Waals surface area contributed by atoms with Crippen LogP contribution >= 0.6 is 0 Å². The number of carbonyl (C=O) groups excluding carboxylic acids is 4. The Labute approximate surface area is 361 Å². The average molecular weight is 869 g/mol. The second kappa shape index (κ2) is 17.1. The summed E-state index contributed by atoms with van der Waals surface area (Å²) in [7, 11) is -3.90. The summed E-state index contributed by atoms with van der Waals surface area (Å²) in [5.74, 6) is -2.26. The first-order valence-corrected chi connectivity index (χ1v) is 24.1. The van der Waals surface area contributed by atoms with Gasteiger partial charge in [0.25, 0.3) is 17.5 Å². The van der Waals surface area contributed by atoms with Crippen LogP contribution in [0.2, 0.25) is 0 Å². The molecule has 16 heteroatoms. The molecule has 4 saturated carbocycles. The van der Waals surface area contributed by atoms with Crippen LogP contribution in [0.4, 0.5) is 4.79 Å². The number of carbonyl (C=O) groups is 4. The summed E-state index contributed by atoms with van der Waals surface area (Å²) >= 11 is 0. The summed E-state index contributed by atoms with van der Waals surface area (Å²) in [6.07, 6.45) is 11.0. The van der Waals surface area contributed by atoms with Crippen LogP contribution in [0.3, 0.4) is 0 Å². The summed E-state index contributed by atoms with van der Waals surface area (Å²) in [5, 5.41) is 5.63. The van der Waals surface area contributed by atoms with Gasteiger partial charge in [-0.25, -0.2) is 13.2 Å². The maximum Gasteiger partial charge on any atom is 0.408 e. The summed E-state index contributed by atoms with van der Waals surface area (Å²) in [6, 6.07) is 13.2. The van der Waals surface area contributed by atoms with Gasteiger partial charge in [0.15, 0.2) is 0 Å². The Balaban J connectivity index is 1.08. The number of nitrogens with one attached hydrogen (secondary N) is 3. The smallest absolute Gasteiger partial charge is 0.408 e. The Hall–Kier alpha value is -5.25. The molecule has 1 saturated heterocycles. The number of sulfonamides is 1. The number of amides is 4. The Morgan fingerprint density at radius 1 is 0.903 bits per heavy atom. The lowest BCUT2D eigenvalue weighted by atomic mass is 9.96. The van der Waals surface area contributed by atoms with Gasteiger partial charge in [0.2, 0.25) is 21.8 Å². The second-order valence-corrected chi connectivity index (χ2v) is 20.1. The fourth-order valence-corrected chi connectivity index (χ4v) is 11.7. The quantitative estimate of drug-likeness (QED) is 0.256. The number of hydrogen-bond donors (Lipinski definition) is 3. The zero-order valence-electron chi connectivity index (χ0n) is 35.1. The Kier molecular flexibility index (Phi) is 11.6. The maximum absolute atomic E-state index is 15.0. The molecule has 2 bridgehead atoms. The minimum absolute atomic E-state index is 0.0220. The first-order chi connectivity index (χ1) is 29.9. The van der Waals surface area contributed by atoms with E-state index in [-0.39, 0.29) is 61.4 Å². The molecule has 3 N–H and O–H groups in total. The second-order valence-electron chi connectivity index (χ2n) is 18.2. The van der Waals surface area contributed by atoms with E-state index in [0.717, 1.165) is 49.7 Å². The van der Waals surface area contributed by atoms with Crippen molar-refractivity contribution in [3.05, 3.63) is 71.0 Å². The first-order valence-electron chi connectivity index (χ1n) is 22.5. The first kappa shape index (κ1) is 42.1. The molecule has 6 aliphatic rings. The molecule has 2 aromatic carbocycles. The minimum Gasteiger partial charge on any atom is -0.459 e. The van der Waals surface area contributed by atoms with Crippen LogP contribution in [0, 0.1) is 17.8 Å². The number of fused-ring (bicyclic) bond motifs is 5.